The van der Waals surface area contributed by atoms with Gasteiger partial charge in [-0.15, -0.1) is 0 Å². The van der Waals surface area contributed by atoms with E-state index in [1.807, 2.05) is 0 Å². The van der Waals surface area contributed by atoms with Gasteiger partial charge in [0.2, 0.25) is 0 Å². The van der Waals surface area contributed by atoms with Crippen molar-refractivity contribution in [1.82, 2.24) is 0 Å². The third kappa shape index (κ3) is 3.58. The fraction of sp³-hybridized carbons (Fsp3) is 0.538. The lowest BCUT2D eigenvalue weighted by molar-refractivity contribution is -0.453. The average molecular weight is 606 g/mol. The smallest absolute Gasteiger partial charge is 0.194 e. The van der Waals surface area contributed by atoms with E-state index in [1.54, 1.807) is 0 Å². The summed E-state index contributed by atoms with van der Waals surface area (Å²) in [6.45, 7) is 0. The summed E-state index contributed by atoms with van der Waals surface area (Å²) in [5.74, 6) is -46.8. The second-order valence-electron chi connectivity index (χ2n) is 5.57. The molecule has 0 saturated carbocycles. The van der Waals surface area contributed by atoms with E-state index in [2.05, 4.69) is 0 Å². The normalized spacial score (nSPS) is 15.5. The van der Waals surface area contributed by atoms with Gasteiger partial charge in [0.15, 0.2) is 0 Å². The van der Waals surface area contributed by atoms with Gasteiger partial charge < -0.3 is 0 Å². The second-order valence-corrected chi connectivity index (χ2v) is 7.17. The van der Waals surface area contributed by atoms with E-state index in [9.17, 15) is 65.9 Å². The van der Waals surface area contributed by atoms with Crippen LogP contribution < -0.4 is 0 Å². The molecule has 1 aromatic rings. The van der Waals surface area contributed by atoms with Crippen LogP contribution in [0.2, 0.25) is 5.02 Å². The molecule has 0 aliphatic heterocycles. The molecule has 0 amide bonds. The molecule has 17 heteroatoms. The monoisotopic (exact) mass is 606 g/mol. The highest BCUT2D eigenvalue weighted by atomic mass is 127. The molecule has 0 aromatic heterocycles. The van der Waals surface area contributed by atoms with Crippen LogP contribution in [0.1, 0.15) is 5.56 Å². The Morgan fingerprint density at radius 3 is 1.33 bits per heavy atom. The van der Waals surface area contributed by atoms with Gasteiger partial charge in [-0.2, -0.15) is 65.9 Å². The van der Waals surface area contributed by atoms with Crippen LogP contribution in [0.5, 0.6) is 0 Å². The Bertz CT molecular complexity index is 798. The first kappa shape index (κ1) is 27.2. The van der Waals surface area contributed by atoms with Crippen molar-refractivity contribution < 1.29 is 65.9 Å². The zero-order chi connectivity index (χ0) is 24.4. The number of halogens is 17. The summed E-state index contributed by atoms with van der Waals surface area (Å²) in [7, 11) is 0. The van der Waals surface area contributed by atoms with Gasteiger partial charge in [-0.1, -0.05) is 11.6 Å². The highest BCUT2D eigenvalue weighted by Crippen LogP contribution is 2.63. The minimum absolute atomic E-state index is 0.145. The van der Waals surface area contributed by atoms with Crippen LogP contribution in [0.15, 0.2) is 18.2 Å². The first-order valence-electron chi connectivity index (χ1n) is 6.70. The maximum absolute atomic E-state index is 14.0. The lowest BCUT2D eigenvalue weighted by Crippen LogP contribution is -2.72. The minimum Gasteiger partial charge on any atom is -0.194 e. The Hall–Kier alpha value is -0.810. The van der Waals surface area contributed by atoms with Crippen LogP contribution in [-0.2, 0) is 5.92 Å². The summed E-state index contributed by atoms with van der Waals surface area (Å²) < 4.78 is 196. The maximum Gasteiger partial charge on any atom is 0.460 e. The van der Waals surface area contributed by atoms with Gasteiger partial charge in [0, 0.05) is 14.2 Å². The largest absolute Gasteiger partial charge is 0.460 e. The highest BCUT2D eigenvalue weighted by molar-refractivity contribution is 14.1. The van der Waals surface area contributed by atoms with Gasteiger partial charge >= 0.3 is 41.7 Å². The highest BCUT2D eigenvalue weighted by Gasteiger charge is 2.93. The lowest BCUT2D eigenvalue weighted by Gasteiger charge is -2.41. The number of hydrogen-bond donors (Lipinski definition) is 0. The Balaban J connectivity index is 3.72. The van der Waals surface area contributed by atoms with Crippen LogP contribution in [0.4, 0.5) is 65.9 Å². The molecule has 0 unspecified atom stereocenters. The van der Waals surface area contributed by atoms with Crippen molar-refractivity contribution in [2.24, 2.45) is 0 Å². The number of benzene rings is 1. The van der Waals surface area contributed by atoms with Crippen LogP contribution >= 0.6 is 34.2 Å². The number of rotatable bonds is 6. The van der Waals surface area contributed by atoms with Crippen LogP contribution in [0, 0.1) is 3.57 Å². The summed E-state index contributed by atoms with van der Waals surface area (Å²) in [5.41, 5.74) is -2.21. The van der Waals surface area contributed by atoms with E-state index in [0.717, 1.165) is 28.7 Å². The van der Waals surface area contributed by atoms with E-state index in [4.69, 9.17) is 11.6 Å². The quantitative estimate of drug-likeness (QED) is 0.229. The van der Waals surface area contributed by atoms with Crippen LogP contribution in [-0.4, -0.2) is 35.8 Å². The zero-order valence-corrected chi connectivity index (χ0v) is 16.1. The Kier molecular flexibility index (Phi) is 6.68. The van der Waals surface area contributed by atoms with E-state index in [-0.39, 0.29) is 6.07 Å². The zero-order valence-electron chi connectivity index (χ0n) is 13.2. The summed E-state index contributed by atoms with van der Waals surface area (Å²) in [5, 5.41) is -0.843. The number of alkyl halides is 15. The van der Waals surface area contributed by atoms with E-state index >= 15 is 0 Å². The summed E-state index contributed by atoms with van der Waals surface area (Å²) in [6.07, 6.45) is -7.63. The van der Waals surface area contributed by atoms with Crippen LogP contribution in [0.25, 0.3) is 0 Å². The molecule has 0 aliphatic rings. The average Bonchev–Trinajstić information content (AvgIpc) is 2.54. The molecule has 0 saturated heterocycles. The van der Waals surface area contributed by atoms with Gasteiger partial charge in [0.1, 0.15) is 0 Å². The lowest BCUT2D eigenvalue weighted by atomic mass is 9.88. The molecule has 1 aromatic carbocycles. The molecule has 0 nitrogen and oxygen atoms in total. The topological polar surface area (TPSA) is 0 Å². The van der Waals surface area contributed by atoms with E-state index < -0.39 is 55.9 Å². The SMILES string of the molecule is FC(F)(F)C(F)(F)C(F)(F)C(F)(F)C(F)(F)C(F)(F)C(F)(F)c1cc(Cl)ccc1I. The molecular weight excluding hydrogens is 603 g/mol. The third-order valence-electron chi connectivity index (χ3n) is 3.59. The fourth-order valence-corrected chi connectivity index (χ4v) is 2.72. The van der Waals surface area contributed by atoms with Crippen molar-refractivity contribution >= 4 is 34.2 Å². The van der Waals surface area contributed by atoms with Crippen molar-refractivity contribution in [1.29, 1.82) is 0 Å². The van der Waals surface area contributed by atoms with Gasteiger partial charge in [-0.25, -0.2) is 0 Å². The molecule has 0 heterocycles. The molecule has 1 rings (SSSR count). The van der Waals surface area contributed by atoms with Gasteiger partial charge in [0.05, 0.1) is 0 Å². The molecule has 0 N–H and O–H groups in total. The molecule has 0 spiro atoms. The summed E-state index contributed by atoms with van der Waals surface area (Å²) >= 11 is 6.01. The molecular formula is C13H3ClF15I. The summed E-state index contributed by atoms with van der Waals surface area (Å²) in [6, 6.07) is 1.09. The van der Waals surface area contributed by atoms with Crippen LogP contribution in [0.3, 0.4) is 0 Å². The fourth-order valence-electron chi connectivity index (χ4n) is 1.87. The Labute approximate surface area is 174 Å². The molecule has 0 radical (unpaired) electrons. The number of hydrogen-bond acceptors (Lipinski definition) is 0. The predicted molar refractivity (Wildman–Crippen MR) is 78.9 cm³/mol. The van der Waals surface area contributed by atoms with Crippen molar-refractivity contribution in [3.63, 3.8) is 0 Å². The molecule has 0 aliphatic carbocycles. The molecule has 0 bridgehead atoms. The maximum atomic E-state index is 14.0. The second kappa shape index (κ2) is 7.37. The first-order valence-corrected chi connectivity index (χ1v) is 8.16. The van der Waals surface area contributed by atoms with Crippen molar-refractivity contribution in [2.75, 3.05) is 0 Å². The van der Waals surface area contributed by atoms with Crippen molar-refractivity contribution in [2.45, 2.75) is 41.7 Å². The van der Waals surface area contributed by atoms with Crippen molar-refractivity contribution in [3.05, 3.63) is 32.4 Å². The van der Waals surface area contributed by atoms with Gasteiger partial charge in [0.25, 0.3) is 0 Å². The van der Waals surface area contributed by atoms with E-state index in [1.165, 1.54) is 0 Å². The molecule has 30 heavy (non-hydrogen) atoms. The van der Waals surface area contributed by atoms with Crippen molar-refractivity contribution in [3.8, 4) is 0 Å². The Morgan fingerprint density at radius 1 is 0.567 bits per heavy atom. The molecule has 174 valence electrons. The third-order valence-corrected chi connectivity index (χ3v) is 4.77. The van der Waals surface area contributed by atoms with E-state index in [0.29, 0.717) is 6.07 Å². The van der Waals surface area contributed by atoms with Gasteiger partial charge in [-0.3, -0.25) is 0 Å². The predicted octanol–water partition coefficient (Wildman–Crippen LogP) is 7.78. The minimum atomic E-state index is -8.31. The Morgan fingerprint density at radius 2 is 0.933 bits per heavy atom. The first-order chi connectivity index (χ1) is 12.9. The molecule has 0 atom stereocenters. The van der Waals surface area contributed by atoms with Gasteiger partial charge in [-0.05, 0) is 40.8 Å². The molecule has 0 fully saturated rings. The summed E-state index contributed by atoms with van der Waals surface area (Å²) in [4.78, 5) is 0. The standard InChI is InChI=1S/C13H3ClF15I/c14-4-1-2-6(30)5(3-4)7(15,16)8(17,18)9(19,20)10(21,22)11(23,24)12(25,26)13(27,28)29/h1-3H.